The third-order valence-corrected chi connectivity index (χ3v) is 2.48. The van der Waals surface area contributed by atoms with Gasteiger partial charge in [-0.2, -0.15) is 0 Å². The van der Waals surface area contributed by atoms with Gasteiger partial charge >= 0.3 is 6.03 Å². The summed E-state index contributed by atoms with van der Waals surface area (Å²) in [5.41, 5.74) is 5.29. The molecule has 1 aliphatic rings. The second kappa shape index (κ2) is 2.15. The first kappa shape index (κ1) is 7.38. The van der Waals surface area contributed by atoms with Gasteiger partial charge in [-0.25, -0.2) is 4.79 Å². The van der Waals surface area contributed by atoms with Crippen LogP contribution in [0.2, 0.25) is 0 Å². The summed E-state index contributed by atoms with van der Waals surface area (Å²) in [6, 6.07) is -0.0721. The van der Waals surface area contributed by atoms with Crippen molar-refractivity contribution in [3.63, 3.8) is 0 Å². The number of nitrogens with two attached hydrogens (primary N) is 1. The molecule has 0 aromatic carbocycles. The van der Waals surface area contributed by atoms with E-state index in [2.05, 4.69) is 19.2 Å². The predicted octanol–water partition coefficient (Wildman–Crippen LogP) is 0.843. The van der Waals surface area contributed by atoms with Crippen molar-refractivity contribution in [2.75, 3.05) is 0 Å². The summed E-state index contributed by atoms with van der Waals surface area (Å²) in [5.74, 6) is 0. The maximum absolute atomic E-state index is 10.4. The Morgan fingerprint density at radius 3 is 2.80 bits per heavy atom. The molecule has 1 fully saturated rings. The lowest BCUT2D eigenvalue weighted by atomic mass is 10.1. The van der Waals surface area contributed by atoms with Crippen molar-refractivity contribution in [2.45, 2.75) is 32.7 Å². The molecule has 3 N–H and O–H groups in total. The molecule has 3 nitrogen and oxygen atoms in total. The van der Waals surface area contributed by atoms with Crippen molar-refractivity contribution in [2.24, 2.45) is 11.1 Å². The molecule has 1 rings (SSSR count). The summed E-state index contributed by atoms with van der Waals surface area (Å²) in [5, 5.41) is 2.70. The zero-order valence-corrected chi connectivity index (χ0v) is 6.48. The number of primary amides is 1. The first-order valence-corrected chi connectivity index (χ1v) is 3.64. The Balaban J connectivity index is 2.31. The molecular weight excluding hydrogens is 128 g/mol. The second-order valence-electron chi connectivity index (χ2n) is 3.27. The average molecular weight is 142 g/mol. The summed E-state index contributed by atoms with van der Waals surface area (Å²) in [7, 11) is 0. The standard InChI is InChI=1S/C7H14N2O/c1-3-7(2)4-5(7)9-6(8)10/h5H,3-4H2,1-2H3,(H3,8,9,10). The Hall–Kier alpha value is -0.730. The van der Waals surface area contributed by atoms with Gasteiger partial charge in [0.05, 0.1) is 0 Å². The van der Waals surface area contributed by atoms with Gasteiger partial charge in [-0.05, 0) is 18.3 Å². The lowest BCUT2D eigenvalue weighted by Crippen LogP contribution is -2.33. The minimum Gasteiger partial charge on any atom is -0.352 e. The van der Waals surface area contributed by atoms with Crippen LogP contribution in [-0.4, -0.2) is 12.1 Å². The van der Waals surface area contributed by atoms with E-state index >= 15 is 0 Å². The SMILES string of the molecule is CCC1(C)CC1NC(N)=O. The van der Waals surface area contributed by atoms with Crippen molar-refractivity contribution in [1.29, 1.82) is 0 Å². The highest BCUT2D eigenvalue weighted by atomic mass is 16.2. The van der Waals surface area contributed by atoms with E-state index in [0.29, 0.717) is 11.5 Å². The molecule has 0 heterocycles. The van der Waals surface area contributed by atoms with Gasteiger partial charge in [0.15, 0.2) is 0 Å². The average Bonchev–Trinajstić information content (AvgIpc) is 2.43. The van der Waals surface area contributed by atoms with E-state index in [-0.39, 0.29) is 0 Å². The minimum absolute atomic E-state index is 0.328. The molecule has 10 heavy (non-hydrogen) atoms. The van der Waals surface area contributed by atoms with E-state index in [0.717, 1.165) is 12.8 Å². The van der Waals surface area contributed by atoms with Crippen molar-refractivity contribution in [3.8, 4) is 0 Å². The summed E-state index contributed by atoms with van der Waals surface area (Å²) >= 11 is 0. The second-order valence-corrected chi connectivity index (χ2v) is 3.27. The molecule has 0 spiro atoms. The topological polar surface area (TPSA) is 55.1 Å². The number of hydrogen-bond donors (Lipinski definition) is 2. The summed E-state index contributed by atoms with van der Waals surface area (Å²) < 4.78 is 0. The zero-order chi connectivity index (χ0) is 7.78. The normalized spacial score (nSPS) is 37.2. The van der Waals surface area contributed by atoms with Crippen LogP contribution < -0.4 is 11.1 Å². The van der Waals surface area contributed by atoms with Gasteiger partial charge in [-0.3, -0.25) is 0 Å². The van der Waals surface area contributed by atoms with E-state index in [1.54, 1.807) is 0 Å². The number of carbonyl (C=O) groups excluding carboxylic acids is 1. The van der Waals surface area contributed by atoms with Gasteiger partial charge in [0.2, 0.25) is 0 Å². The number of nitrogens with one attached hydrogen (secondary N) is 1. The van der Waals surface area contributed by atoms with E-state index in [1.165, 1.54) is 0 Å². The fraction of sp³-hybridized carbons (Fsp3) is 0.857. The highest BCUT2D eigenvalue weighted by Gasteiger charge is 2.48. The highest BCUT2D eigenvalue weighted by Crippen LogP contribution is 2.47. The first-order valence-electron chi connectivity index (χ1n) is 3.64. The van der Waals surface area contributed by atoms with Gasteiger partial charge in [-0.1, -0.05) is 13.8 Å². The zero-order valence-electron chi connectivity index (χ0n) is 6.48. The van der Waals surface area contributed by atoms with E-state index in [9.17, 15) is 4.79 Å². The fourth-order valence-electron chi connectivity index (χ4n) is 1.20. The van der Waals surface area contributed by atoms with Crippen LogP contribution in [0.5, 0.6) is 0 Å². The van der Waals surface area contributed by atoms with Crippen molar-refractivity contribution < 1.29 is 4.79 Å². The van der Waals surface area contributed by atoms with Crippen LogP contribution in [0.15, 0.2) is 0 Å². The van der Waals surface area contributed by atoms with Crippen molar-refractivity contribution in [1.82, 2.24) is 5.32 Å². The largest absolute Gasteiger partial charge is 0.352 e. The Morgan fingerprint density at radius 1 is 1.90 bits per heavy atom. The Morgan fingerprint density at radius 2 is 2.50 bits per heavy atom. The Kier molecular flexibility index (Phi) is 1.58. The van der Waals surface area contributed by atoms with Crippen molar-refractivity contribution in [3.05, 3.63) is 0 Å². The molecule has 2 atom stereocenters. The first-order chi connectivity index (χ1) is 4.58. The minimum atomic E-state index is -0.401. The molecular formula is C7H14N2O. The van der Waals surface area contributed by atoms with E-state index in [1.807, 2.05) is 0 Å². The lowest BCUT2D eigenvalue weighted by molar-refractivity contribution is 0.247. The summed E-state index contributed by atoms with van der Waals surface area (Å²) in [6.45, 7) is 4.29. The molecule has 0 aromatic rings. The maximum Gasteiger partial charge on any atom is 0.312 e. The quantitative estimate of drug-likeness (QED) is 0.590. The summed E-state index contributed by atoms with van der Waals surface area (Å²) in [6.07, 6.45) is 2.18. The number of urea groups is 1. The van der Waals surface area contributed by atoms with E-state index < -0.39 is 6.03 Å². The molecule has 1 aliphatic carbocycles. The van der Waals surface area contributed by atoms with Gasteiger partial charge in [0.1, 0.15) is 0 Å². The Bertz CT molecular complexity index is 158. The third kappa shape index (κ3) is 1.23. The molecule has 3 heteroatoms. The fourth-order valence-corrected chi connectivity index (χ4v) is 1.20. The van der Waals surface area contributed by atoms with Crippen molar-refractivity contribution >= 4 is 6.03 Å². The summed E-state index contributed by atoms with van der Waals surface area (Å²) in [4.78, 5) is 10.4. The Labute approximate surface area is 61.0 Å². The van der Waals surface area contributed by atoms with Gasteiger partial charge in [-0.15, -0.1) is 0 Å². The molecule has 1 saturated carbocycles. The predicted molar refractivity (Wildman–Crippen MR) is 39.5 cm³/mol. The monoisotopic (exact) mass is 142 g/mol. The van der Waals surface area contributed by atoms with Crippen LogP contribution in [0, 0.1) is 5.41 Å². The van der Waals surface area contributed by atoms with Crippen LogP contribution in [0.1, 0.15) is 26.7 Å². The maximum atomic E-state index is 10.4. The number of carbonyl (C=O) groups is 1. The smallest absolute Gasteiger partial charge is 0.312 e. The van der Waals surface area contributed by atoms with Crippen LogP contribution in [0.4, 0.5) is 4.79 Å². The van der Waals surface area contributed by atoms with Gasteiger partial charge < -0.3 is 11.1 Å². The number of hydrogen-bond acceptors (Lipinski definition) is 1. The van der Waals surface area contributed by atoms with Crippen LogP contribution in [-0.2, 0) is 0 Å². The van der Waals surface area contributed by atoms with Crippen LogP contribution in [0.3, 0.4) is 0 Å². The molecule has 2 unspecified atom stereocenters. The molecule has 2 amide bonds. The number of rotatable bonds is 2. The third-order valence-electron chi connectivity index (χ3n) is 2.48. The van der Waals surface area contributed by atoms with E-state index in [4.69, 9.17) is 5.73 Å². The molecule has 58 valence electrons. The van der Waals surface area contributed by atoms with Gasteiger partial charge in [0.25, 0.3) is 0 Å². The van der Waals surface area contributed by atoms with Crippen LogP contribution in [0.25, 0.3) is 0 Å². The number of amides is 2. The molecule has 0 aromatic heterocycles. The highest BCUT2D eigenvalue weighted by molar-refractivity contribution is 5.72. The van der Waals surface area contributed by atoms with Crippen LogP contribution >= 0.6 is 0 Å². The molecule has 0 radical (unpaired) electrons. The molecule has 0 saturated heterocycles. The lowest BCUT2D eigenvalue weighted by Gasteiger charge is -2.06. The van der Waals surface area contributed by atoms with Gasteiger partial charge in [0, 0.05) is 6.04 Å². The molecule has 0 aliphatic heterocycles. The molecule has 0 bridgehead atoms.